The highest BCUT2D eigenvalue weighted by molar-refractivity contribution is 9.10. The number of hydrogen-bond acceptors (Lipinski definition) is 3. The van der Waals surface area contributed by atoms with Crippen LogP contribution in [0.25, 0.3) is 0 Å². The van der Waals surface area contributed by atoms with Gasteiger partial charge in [0.2, 0.25) is 0 Å². The molecule has 1 aliphatic rings. The van der Waals surface area contributed by atoms with Crippen molar-refractivity contribution in [2.75, 3.05) is 13.7 Å². The number of ketones is 1. The summed E-state index contributed by atoms with van der Waals surface area (Å²) in [6, 6.07) is 5.77. The maximum Gasteiger partial charge on any atom is 0.154 e. The molecule has 1 heterocycles. The molecule has 3 nitrogen and oxygen atoms in total. The van der Waals surface area contributed by atoms with Crippen molar-refractivity contribution in [3.8, 4) is 5.75 Å². The molecule has 1 unspecified atom stereocenters. The lowest BCUT2D eigenvalue weighted by molar-refractivity contribution is -0.120. The number of hydrogen-bond donors (Lipinski definition) is 1. The number of halogens is 1. The lowest BCUT2D eigenvalue weighted by Crippen LogP contribution is -2.37. The Labute approximate surface area is 122 Å². The van der Waals surface area contributed by atoms with Crippen LogP contribution < -0.4 is 10.1 Å². The second-order valence-electron chi connectivity index (χ2n) is 4.96. The average Bonchev–Trinajstić information content (AvgIpc) is 2.70. The molecule has 104 valence electrons. The van der Waals surface area contributed by atoms with Crippen molar-refractivity contribution in [2.45, 2.75) is 38.1 Å². The van der Waals surface area contributed by atoms with Gasteiger partial charge < -0.3 is 10.1 Å². The van der Waals surface area contributed by atoms with E-state index in [0.717, 1.165) is 35.2 Å². The molecule has 0 aliphatic carbocycles. The minimum atomic E-state index is 0.0144. The largest absolute Gasteiger partial charge is 0.497 e. The van der Waals surface area contributed by atoms with E-state index in [1.54, 1.807) is 7.11 Å². The average molecular weight is 326 g/mol. The Balaban J connectivity index is 2.05. The van der Waals surface area contributed by atoms with E-state index in [1.165, 1.54) is 12.8 Å². The Kier molecular flexibility index (Phi) is 5.40. The number of Topliss-reactive ketones (excluding diaryl/α,β-unsaturated/α-hetero) is 1. The van der Waals surface area contributed by atoms with E-state index in [2.05, 4.69) is 21.2 Å². The van der Waals surface area contributed by atoms with Gasteiger partial charge in [0.05, 0.1) is 13.2 Å². The van der Waals surface area contributed by atoms with Crippen molar-refractivity contribution in [2.24, 2.45) is 0 Å². The first-order valence-electron chi connectivity index (χ1n) is 6.79. The zero-order chi connectivity index (χ0) is 13.7. The first-order chi connectivity index (χ1) is 9.20. The summed E-state index contributed by atoms with van der Waals surface area (Å²) in [4.78, 5) is 12.3. The number of carbonyl (C=O) groups is 1. The van der Waals surface area contributed by atoms with Gasteiger partial charge in [-0.2, -0.15) is 0 Å². The highest BCUT2D eigenvalue weighted by atomic mass is 79.9. The maximum absolute atomic E-state index is 12.3. The highest BCUT2D eigenvalue weighted by Gasteiger charge is 2.20. The predicted octanol–water partition coefficient (Wildman–Crippen LogP) is 3.10. The third-order valence-electron chi connectivity index (χ3n) is 3.57. The lowest BCUT2D eigenvalue weighted by Gasteiger charge is -2.15. The van der Waals surface area contributed by atoms with Gasteiger partial charge >= 0.3 is 0 Å². The number of methoxy groups -OCH3 is 1. The third kappa shape index (κ3) is 4.05. The van der Waals surface area contributed by atoms with Gasteiger partial charge in [-0.3, -0.25) is 4.79 Å². The molecule has 0 saturated carbocycles. The summed E-state index contributed by atoms with van der Waals surface area (Å²) in [5.41, 5.74) is 0.996. The van der Waals surface area contributed by atoms with Gasteiger partial charge in [0.15, 0.2) is 5.78 Å². The molecule has 0 aromatic heterocycles. The summed E-state index contributed by atoms with van der Waals surface area (Å²) in [6.07, 6.45) is 4.95. The molecule has 0 bridgehead atoms. The molecule has 1 N–H and O–H groups in total. The summed E-state index contributed by atoms with van der Waals surface area (Å²) in [7, 11) is 1.64. The Morgan fingerprint density at radius 1 is 1.42 bits per heavy atom. The van der Waals surface area contributed by atoms with E-state index in [1.807, 2.05) is 18.2 Å². The van der Waals surface area contributed by atoms with Gasteiger partial charge in [0, 0.05) is 10.9 Å². The molecule has 0 radical (unpaired) electrons. The Bertz CT molecular complexity index is 440. The maximum atomic E-state index is 12.3. The van der Waals surface area contributed by atoms with Crippen LogP contribution in [0.2, 0.25) is 0 Å². The van der Waals surface area contributed by atoms with E-state index in [4.69, 9.17) is 4.74 Å². The van der Waals surface area contributed by atoms with Crippen LogP contribution in [0.15, 0.2) is 22.7 Å². The quantitative estimate of drug-likeness (QED) is 0.924. The SMILES string of the molecule is COc1ccc(Br)c(CC(=O)C2CCCCCN2)c1. The van der Waals surface area contributed by atoms with Crippen LogP contribution in [0.3, 0.4) is 0 Å². The van der Waals surface area contributed by atoms with Crippen LogP contribution in [0.4, 0.5) is 0 Å². The fraction of sp³-hybridized carbons (Fsp3) is 0.533. The molecule has 1 fully saturated rings. The van der Waals surface area contributed by atoms with Crippen LogP contribution in [-0.4, -0.2) is 25.5 Å². The topological polar surface area (TPSA) is 38.3 Å². The number of benzene rings is 1. The minimum Gasteiger partial charge on any atom is -0.497 e. The summed E-state index contributed by atoms with van der Waals surface area (Å²) >= 11 is 3.50. The molecular formula is C15H20BrNO2. The number of nitrogens with one attached hydrogen (secondary N) is 1. The second kappa shape index (κ2) is 7.06. The van der Waals surface area contributed by atoms with Gasteiger partial charge in [0.25, 0.3) is 0 Å². The van der Waals surface area contributed by atoms with E-state index in [0.29, 0.717) is 6.42 Å². The fourth-order valence-corrected chi connectivity index (χ4v) is 2.81. The second-order valence-corrected chi connectivity index (χ2v) is 5.81. The lowest BCUT2D eigenvalue weighted by atomic mass is 10.00. The smallest absolute Gasteiger partial charge is 0.154 e. The molecule has 19 heavy (non-hydrogen) atoms. The standard InChI is InChI=1S/C15H20BrNO2/c1-19-12-6-7-13(16)11(9-12)10-15(18)14-5-3-2-4-8-17-14/h6-7,9,14,17H,2-5,8,10H2,1H3. The van der Waals surface area contributed by atoms with E-state index < -0.39 is 0 Å². The highest BCUT2D eigenvalue weighted by Crippen LogP contribution is 2.24. The van der Waals surface area contributed by atoms with Crippen LogP contribution >= 0.6 is 15.9 Å². The van der Waals surface area contributed by atoms with Gasteiger partial charge in [-0.25, -0.2) is 0 Å². The molecule has 0 spiro atoms. The molecule has 0 amide bonds. The molecule has 2 rings (SSSR count). The zero-order valence-corrected chi connectivity index (χ0v) is 12.8. The van der Waals surface area contributed by atoms with E-state index in [-0.39, 0.29) is 11.8 Å². The van der Waals surface area contributed by atoms with E-state index in [9.17, 15) is 4.79 Å². The van der Waals surface area contributed by atoms with Crippen LogP contribution in [0.1, 0.15) is 31.2 Å². The normalized spacial score (nSPS) is 19.8. The van der Waals surface area contributed by atoms with Crippen molar-refractivity contribution in [1.82, 2.24) is 5.32 Å². The van der Waals surface area contributed by atoms with Gasteiger partial charge in [-0.15, -0.1) is 0 Å². The molecule has 1 atom stereocenters. The summed E-state index contributed by atoms with van der Waals surface area (Å²) in [5, 5.41) is 3.35. The zero-order valence-electron chi connectivity index (χ0n) is 11.2. The van der Waals surface area contributed by atoms with Gasteiger partial charge in [0.1, 0.15) is 5.75 Å². The van der Waals surface area contributed by atoms with Crippen molar-refractivity contribution in [1.29, 1.82) is 0 Å². The molecular weight excluding hydrogens is 306 g/mol. The minimum absolute atomic E-state index is 0.0144. The third-order valence-corrected chi connectivity index (χ3v) is 4.34. The van der Waals surface area contributed by atoms with Crippen LogP contribution in [-0.2, 0) is 11.2 Å². The van der Waals surface area contributed by atoms with Crippen molar-refractivity contribution < 1.29 is 9.53 Å². The monoisotopic (exact) mass is 325 g/mol. The first-order valence-corrected chi connectivity index (χ1v) is 7.58. The Hall–Kier alpha value is -0.870. The molecule has 1 saturated heterocycles. The van der Waals surface area contributed by atoms with Crippen molar-refractivity contribution in [3.63, 3.8) is 0 Å². The van der Waals surface area contributed by atoms with Gasteiger partial charge in [-0.05, 0) is 43.1 Å². The molecule has 1 aromatic rings. The molecule has 4 heteroatoms. The van der Waals surface area contributed by atoms with E-state index >= 15 is 0 Å². The summed E-state index contributed by atoms with van der Waals surface area (Å²) < 4.78 is 6.18. The van der Waals surface area contributed by atoms with Crippen molar-refractivity contribution >= 4 is 21.7 Å². The molecule has 1 aliphatic heterocycles. The molecule has 1 aromatic carbocycles. The number of ether oxygens (including phenoxy) is 1. The van der Waals surface area contributed by atoms with Crippen LogP contribution in [0, 0.1) is 0 Å². The summed E-state index contributed by atoms with van der Waals surface area (Å²) in [6.45, 7) is 0.954. The number of carbonyl (C=O) groups excluding carboxylic acids is 1. The Morgan fingerprint density at radius 3 is 3.05 bits per heavy atom. The van der Waals surface area contributed by atoms with Crippen LogP contribution in [0.5, 0.6) is 5.75 Å². The van der Waals surface area contributed by atoms with Crippen molar-refractivity contribution in [3.05, 3.63) is 28.2 Å². The first kappa shape index (κ1) is 14.5. The summed E-state index contributed by atoms with van der Waals surface area (Å²) in [5.74, 6) is 1.07. The predicted molar refractivity (Wildman–Crippen MR) is 79.7 cm³/mol. The Morgan fingerprint density at radius 2 is 2.26 bits per heavy atom. The van der Waals surface area contributed by atoms with Gasteiger partial charge in [-0.1, -0.05) is 28.8 Å². The number of rotatable bonds is 4. The fourth-order valence-electron chi connectivity index (χ4n) is 2.43.